The van der Waals surface area contributed by atoms with Gasteiger partial charge in [-0.25, -0.2) is 4.57 Å². The van der Waals surface area contributed by atoms with Crippen LogP contribution in [0.3, 0.4) is 0 Å². The summed E-state index contributed by atoms with van der Waals surface area (Å²) in [6.07, 6.45) is 0. The van der Waals surface area contributed by atoms with E-state index in [9.17, 15) is 9.59 Å². The Morgan fingerprint density at radius 2 is 2.21 bits per heavy atom. The zero-order valence-electron chi connectivity index (χ0n) is 10.4. The minimum atomic E-state index is -0.474. The van der Waals surface area contributed by atoms with Crippen molar-refractivity contribution in [1.82, 2.24) is 14.8 Å². The van der Waals surface area contributed by atoms with E-state index < -0.39 is 11.2 Å². The molecule has 6 nitrogen and oxygen atoms in total. The van der Waals surface area contributed by atoms with Crippen LogP contribution in [0, 0.1) is 0 Å². The molecule has 0 fully saturated rings. The van der Waals surface area contributed by atoms with Gasteiger partial charge in [0.2, 0.25) is 11.8 Å². The van der Waals surface area contributed by atoms with E-state index in [0.717, 1.165) is 16.6 Å². The molecule has 2 aromatic rings. The summed E-state index contributed by atoms with van der Waals surface area (Å²) in [7, 11) is 0. The summed E-state index contributed by atoms with van der Waals surface area (Å²) in [5.74, 6) is -0.171. The normalized spacial score (nSPS) is 12.3. The quantitative estimate of drug-likeness (QED) is 0.866. The van der Waals surface area contributed by atoms with Crippen molar-refractivity contribution < 1.29 is 9.59 Å². The summed E-state index contributed by atoms with van der Waals surface area (Å²) in [5.41, 5.74) is 5.21. The Hall–Kier alpha value is -1.67. The fourth-order valence-electron chi connectivity index (χ4n) is 1.41. The third kappa shape index (κ3) is 2.85. The number of carbonyl (C=O) groups excluding carboxylic acids is 2. The summed E-state index contributed by atoms with van der Waals surface area (Å²) in [6, 6.07) is 3.73. The molecule has 0 bridgehead atoms. The van der Waals surface area contributed by atoms with Crippen molar-refractivity contribution in [3.8, 4) is 10.7 Å². The first-order chi connectivity index (χ1) is 9.00. The van der Waals surface area contributed by atoms with Crippen LogP contribution in [-0.2, 0) is 4.79 Å². The van der Waals surface area contributed by atoms with Crippen molar-refractivity contribution in [3.63, 3.8) is 0 Å². The van der Waals surface area contributed by atoms with Crippen LogP contribution in [0.4, 0.5) is 0 Å². The lowest BCUT2D eigenvalue weighted by atomic mass is 10.4. The number of aromatic nitrogens is 3. The summed E-state index contributed by atoms with van der Waals surface area (Å²) < 4.78 is 1.40. The number of primary amides is 1. The van der Waals surface area contributed by atoms with Gasteiger partial charge < -0.3 is 5.73 Å². The first kappa shape index (κ1) is 13.8. The van der Waals surface area contributed by atoms with E-state index in [0.29, 0.717) is 11.0 Å². The maximum Gasteiger partial charge on any atom is 0.231 e. The lowest BCUT2D eigenvalue weighted by Crippen LogP contribution is -2.23. The third-order valence-corrected chi connectivity index (χ3v) is 4.30. The Morgan fingerprint density at radius 1 is 1.47 bits per heavy atom. The van der Waals surface area contributed by atoms with Crippen molar-refractivity contribution >= 4 is 34.9 Å². The van der Waals surface area contributed by atoms with Gasteiger partial charge in [0.05, 0.1) is 10.1 Å². The molecule has 1 amide bonds. The molecule has 0 saturated carbocycles. The molecule has 0 spiro atoms. The molecule has 1 unspecified atom stereocenters. The van der Waals surface area contributed by atoms with Crippen LogP contribution in [0.2, 0.25) is 0 Å². The van der Waals surface area contributed by atoms with Crippen LogP contribution in [0.1, 0.15) is 18.6 Å². The van der Waals surface area contributed by atoms with Gasteiger partial charge in [0.15, 0.2) is 11.0 Å². The van der Waals surface area contributed by atoms with Crippen molar-refractivity contribution in [3.05, 3.63) is 17.5 Å². The molecule has 0 saturated heterocycles. The maximum atomic E-state index is 11.8. The first-order valence-corrected chi connectivity index (χ1v) is 7.23. The lowest BCUT2D eigenvalue weighted by Gasteiger charge is -2.07. The summed E-state index contributed by atoms with van der Waals surface area (Å²) in [5, 5.41) is 9.79. The smallest absolute Gasteiger partial charge is 0.231 e. The fraction of sp³-hybridized carbons (Fsp3) is 0.273. The molecule has 8 heteroatoms. The van der Waals surface area contributed by atoms with E-state index in [1.54, 1.807) is 6.92 Å². The molecule has 2 heterocycles. The van der Waals surface area contributed by atoms with Gasteiger partial charge in [-0.05, 0) is 18.4 Å². The average molecular weight is 296 g/mol. The molecule has 1 atom stereocenters. The van der Waals surface area contributed by atoms with Crippen LogP contribution in [0.15, 0.2) is 22.7 Å². The summed E-state index contributed by atoms with van der Waals surface area (Å²) in [6.45, 7) is 3.09. The van der Waals surface area contributed by atoms with Crippen LogP contribution >= 0.6 is 23.1 Å². The Balaban J connectivity index is 2.41. The largest absolute Gasteiger partial charge is 0.369 e. The highest BCUT2D eigenvalue weighted by molar-refractivity contribution is 8.00. The van der Waals surface area contributed by atoms with E-state index in [1.165, 1.54) is 22.8 Å². The molecule has 19 heavy (non-hydrogen) atoms. The minimum absolute atomic E-state index is 0.201. The Bertz CT molecular complexity index is 606. The Morgan fingerprint density at radius 3 is 2.74 bits per heavy atom. The molecule has 2 N–H and O–H groups in total. The average Bonchev–Trinajstić information content (AvgIpc) is 2.95. The van der Waals surface area contributed by atoms with Crippen molar-refractivity contribution in [2.24, 2.45) is 5.73 Å². The molecule has 0 aliphatic rings. The highest BCUT2D eigenvalue weighted by Crippen LogP contribution is 2.28. The predicted octanol–water partition coefficient (Wildman–Crippen LogP) is 1.63. The van der Waals surface area contributed by atoms with Gasteiger partial charge in [0.25, 0.3) is 0 Å². The number of thiophene rings is 1. The van der Waals surface area contributed by atoms with Crippen molar-refractivity contribution in [1.29, 1.82) is 0 Å². The predicted molar refractivity (Wildman–Crippen MR) is 74.1 cm³/mol. The SMILES string of the molecule is CC(=O)n1c(SC(C)C(N)=O)nnc1-c1cccs1. The third-order valence-electron chi connectivity index (χ3n) is 2.37. The Labute approximate surface area is 118 Å². The maximum absolute atomic E-state index is 11.8. The first-order valence-electron chi connectivity index (χ1n) is 5.47. The molecule has 2 rings (SSSR count). The molecule has 0 aliphatic carbocycles. The van der Waals surface area contributed by atoms with E-state index in [2.05, 4.69) is 10.2 Å². The molecule has 2 aromatic heterocycles. The van der Waals surface area contributed by atoms with Gasteiger partial charge in [0.1, 0.15) is 0 Å². The topological polar surface area (TPSA) is 90.9 Å². The fourth-order valence-corrected chi connectivity index (χ4v) is 2.95. The standard InChI is InChI=1S/C11H12N4O2S2/c1-6(9(12)17)19-11-14-13-10(15(11)7(2)16)8-4-3-5-18-8/h3-6H,1-2H3,(H2,12,17). The molecular weight excluding hydrogens is 284 g/mol. The lowest BCUT2D eigenvalue weighted by molar-refractivity contribution is -0.117. The molecule has 0 radical (unpaired) electrons. The van der Waals surface area contributed by atoms with Crippen LogP contribution in [-0.4, -0.2) is 31.8 Å². The minimum Gasteiger partial charge on any atom is -0.369 e. The summed E-state index contributed by atoms with van der Waals surface area (Å²) in [4.78, 5) is 23.7. The second-order valence-electron chi connectivity index (χ2n) is 3.80. The van der Waals surface area contributed by atoms with Crippen molar-refractivity contribution in [2.75, 3.05) is 0 Å². The summed E-state index contributed by atoms with van der Waals surface area (Å²) >= 11 is 2.59. The molecule has 0 aliphatic heterocycles. The zero-order valence-corrected chi connectivity index (χ0v) is 12.0. The second-order valence-corrected chi connectivity index (χ2v) is 6.06. The van der Waals surface area contributed by atoms with Crippen LogP contribution < -0.4 is 5.73 Å². The Kier molecular flexibility index (Phi) is 4.01. The van der Waals surface area contributed by atoms with E-state index in [4.69, 9.17) is 5.73 Å². The number of thioether (sulfide) groups is 1. The zero-order chi connectivity index (χ0) is 14.0. The second kappa shape index (κ2) is 5.54. The van der Waals surface area contributed by atoms with Gasteiger partial charge in [-0.2, -0.15) is 0 Å². The van der Waals surface area contributed by atoms with Gasteiger partial charge in [-0.1, -0.05) is 17.8 Å². The molecule has 0 aromatic carbocycles. The highest BCUT2D eigenvalue weighted by atomic mass is 32.2. The van der Waals surface area contributed by atoms with E-state index >= 15 is 0 Å². The monoisotopic (exact) mass is 296 g/mol. The van der Waals surface area contributed by atoms with Crippen molar-refractivity contribution in [2.45, 2.75) is 24.3 Å². The van der Waals surface area contributed by atoms with E-state index in [-0.39, 0.29) is 5.91 Å². The number of amides is 1. The van der Waals surface area contributed by atoms with E-state index in [1.807, 2.05) is 17.5 Å². The van der Waals surface area contributed by atoms with Gasteiger partial charge in [-0.15, -0.1) is 21.5 Å². The molecule has 100 valence electrons. The molecular formula is C11H12N4O2S2. The number of hydrogen-bond acceptors (Lipinski definition) is 6. The highest BCUT2D eigenvalue weighted by Gasteiger charge is 2.21. The number of rotatable bonds is 4. The van der Waals surface area contributed by atoms with Gasteiger partial charge in [-0.3, -0.25) is 9.59 Å². The van der Waals surface area contributed by atoms with Gasteiger partial charge >= 0.3 is 0 Å². The number of carbonyl (C=O) groups is 2. The van der Waals surface area contributed by atoms with Crippen LogP contribution in [0.25, 0.3) is 10.7 Å². The number of hydrogen-bond donors (Lipinski definition) is 1. The van der Waals surface area contributed by atoms with Crippen LogP contribution in [0.5, 0.6) is 0 Å². The van der Waals surface area contributed by atoms with Gasteiger partial charge in [0, 0.05) is 6.92 Å². The number of nitrogens with two attached hydrogens (primary N) is 1. The number of nitrogens with zero attached hydrogens (tertiary/aromatic N) is 3.